The van der Waals surface area contributed by atoms with E-state index in [4.69, 9.17) is 21.0 Å². The molecular formula is C23H32N4. The zero-order valence-corrected chi connectivity index (χ0v) is 18.0. The summed E-state index contributed by atoms with van der Waals surface area (Å²) in [5, 5.41) is 36.6. The smallest absolute Gasteiger partial charge is 0.141 e. The van der Waals surface area contributed by atoms with Crippen LogP contribution < -0.4 is 0 Å². The lowest BCUT2D eigenvalue weighted by Crippen LogP contribution is -2.24. The second-order valence-corrected chi connectivity index (χ2v) is 9.85. The lowest BCUT2D eigenvalue weighted by molar-refractivity contribution is 0.287. The van der Waals surface area contributed by atoms with Crippen molar-refractivity contribution in [3.8, 4) is 24.3 Å². The van der Waals surface area contributed by atoms with Crippen LogP contribution in [0, 0.1) is 78.8 Å². The van der Waals surface area contributed by atoms with E-state index in [1.54, 1.807) is 0 Å². The van der Waals surface area contributed by atoms with Crippen LogP contribution in [0.25, 0.3) is 0 Å². The molecule has 0 radical (unpaired) electrons. The zero-order valence-electron chi connectivity index (χ0n) is 18.0. The molecule has 0 saturated heterocycles. The van der Waals surface area contributed by atoms with Crippen LogP contribution in [-0.4, -0.2) is 0 Å². The predicted molar refractivity (Wildman–Crippen MR) is 107 cm³/mol. The van der Waals surface area contributed by atoms with Crippen LogP contribution in [0.5, 0.6) is 0 Å². The maximum Gasteiger partial charge on any atom is 0.141 e. The summed E-state index contributed by atoms with van der Waals surface area (Å²) in [6.45, 7) is 16.1. The quantitative estimate of drug-likeness (QED) is 0.499. The van der Waals surface area contributed by atoms with E-state index in [1.165, 1.54) is 0 Å². The Kier molecular flexibility index (Phi) is 8.05. The van der Waals surface area contributed by atoms with Crippen molar-refractivity contribution < 1.29 is 0 Å². The Morgan fingerprint density at radius 2 is 0.815 bits per heavy atom. The van der Waals surface area contributed by atoms with Gasteiger partial charge in [-0.05, 0) is 17.3 Å². The Hall–Kier alpha value is -2.56. The molecule has 0 aliphatic carbocycles. The molecule has 0 saturated carbocycles. The van der Waals surface area contributed by atoms with E-state index in [0.717, 1.165) is 6.42 Å². The Morgan fingerprint density at radius 1 is 0.556 bits per heavy atom. The summed E-state index contributed by atoms with van der Waals surface area (Å²) >= 11 is 0. The number of hydrogen-bond acceptors (Lipinski definition) is 4. The van der Waals surface area contributed by atoms with Crippen LogP contribution in [0.15, 0.2) is 24.3 Å². The largest absolute Gasteiger partial charge is 0.197 e. The van der Waals surface area contributed by atoms with E-state index in [0.29, 0.717) is 0 Å². The normalized spacial score (nSPS) is 13.6. The Bertz CT molecular complexity index is 645. The molecular weight excluding hydrogens is 332 g/mol. The maximum atomic E-state index is 9.15. The van der Waals surface area contributed by atoms with E-state index >= 15 is 0 Å². The second kappa shape index (κ2) is 8.89. The second-order valence-electron chi connectivity index (χ2n) is 9.85. The molecule has 0 fully saturated rings. The lowest BCUT2D eigenvalue weighted by Gasteiger charge is -2.33. The van der Waals surface area contributed by atoms with E-state index in [2.05, 4.69) is 64.1 Å². The van der Waals surface area contributed by atoms with Gasteiger partial charge in [-0.15, -0.1) is 0 Å². The summed E-state index contributed by atoms with van der Waals surface area (Å²) in [4.78, 5) is 0. The third-order valence-corrected chi connectivity index (χ3v) is 4.84. The first kappa shape index (κ1) is 24.4. The highest BCUT2D eigenvalue weighted by atomic mass is 14.4. The SMILES string of the molecule is CC(C)(/C=C/C(C)(C)C(C#N)C#N)CC(C)(C)/C=C/C(C)(C)C(C#N)C#N. The summed E-state index contributed by atoms with van der Waals surface area (Å²) in [5.41, 5.74) is -1.33. The van der Waals surface area contributed by atoms with Crippen LogP contribution >= 0.6 is 0 Å². The van der Waals surface area contributed by atoms with Gasteiger partial charge in [-0.3, -0.25) is 0 Å². The zero-order chi connectivity index (χ0) is 21.5. The van der Waals surface area contributed by atoms with Crippen molar-refractivity contribution in [2.75, 3.05) is 0 Å². The fraction of sp³-hybridized carbons (Fsp3) is 0.652. The third-order valence-electron chi connectivity index (χ3n) is 4.84. The van der Waals surface area contributed by atoms with Crippen molar-refractivity contribution in [2.24, 2.45) is 33.5 Å². The highest BCUT2D eigenvalue weighted by Crippen LogP contribution is 2.39. The first-order valence-electron chi connectivity index (χ1n) is 9.15. The molecule has 0 atom stereocenters. The van der Waals surface area contributed by atoms with Crippen molar-refractivity contribution in [1.29, 1.82) is 21.0 Å². The Balaban J connectivity index is 5.39. The Morgan fingerprint density at radius 3 is 1.04 bits per heavy atom. The predicted octanol–water partition coefficient (Wildman–Crippen LogP) is 5.92. The average molecular weight is 365 g/mol. The minimum Gasteiger partial charge on any atom is -0.197 e. The van der Waals surface area contributed by atoms with Crippen molar-refractivity contribution in [1.82, 2.24) is 0 Å². The van der Waals surface area contributed by atoms with Gasteiger partial charge < -0.3 is 0 Å². The van der Waals surface area contributed by atoms with Gasteiger partial charge >= 0.3 is 0 Å². The van der Waals surface area contributed by atoms with Crippen LogP contribution in [0.2, 0.25) is 0 Å². The van der Waals surface area contributed by atoms with Gasteiger partial charge in [0.05, 0.1) is 24.3 Å². The van der Waals surface area contributed by atoms with Gasteiger partial charge in [0.25, 0.3) is 0 Å². The summed E-state index contributed by atoms with van der Waals surface area (Å²) in [5.74, 6) is -1.38. The summed E-state index contributed by atoms with van der Waals surface area (Å²) in [7, 11) is 0. The fourth-order valence-corrected chi connectivity index (χ4v) is 3.09. The maximum absolute atomic E-state index is 9.15. The van der Waals surface area contributed by atoms with Crippen LogP contribution in [-0.2, 0) is 0 Å². The molecule has 4 heteroatoms. The van der Waals surface area contributed by atoms with Gasteiger partial charge in [-0.2, -0.15) is 21.0 Å². The molecule has 27 heavy (non-hydrogen) atoms. The highest BCUT2D eigenvalue weighted by molar-refractivity contribution is 5.17. The topological polar surface area (TPSA) is 95.2 Å². The fourth-order valence-electron chi connectivity index (χ4n) is 3.09. The van der Waals surface area contributed by atoms with Crippen LogP contribution in [0.4, 0.5) is 0 Å². The molecule has 0 aromatic heterocycles. The molecule has 0 heterocycles. The number of rotatable bonds is 8. The lowest BCUT2D eigenvalue weighted by atomic mass is 9.71. The van der Waals surface area contributed by atoms with Crippen molar-refractivity contribution in [2.45, 2.75) is 61.8 Å². The van der Waals surface area contributed by atoms with E-state index < -0.39 is 22.7 Å². The standard InChI is InChI=1S/C23H32N4/c1-20(2,9-11-22(5,6)18(13-24)14-25)17-21(3,4)10-12-23(7,8)19(15-26)16-27/h9-12,18-19H,17H2,1-8H3/b11-9+,12-10+. The van der Waals surface area contributed by atoms with Crippen molar-refractivity contribution in [3.05, 3.63) is 24.3 Å². The molecule has 144 valence electrons. The molecule has 0 spiro atoms. The van der Waals surface area contributed by atoms with Gasteiger partial charge in [-0.1, -0.05) is 79.7 Å². The number of hydrogen-bond donors (Lipinski definition) is 0. The molecule has 0 aromatic rings. The first-order valence-corrected chi connectivity index (χ1v) is 9.15. The van der Waals surface area contributed by atoms with E-state index in [1.807, 2.05) is 39.8 Å². The Labute approximate surface area is 165 Å². The van der Waals surface area contributed by atoms with Gasteiger partial charge in [0.1, 0.15) is 11.8 Å². The number of allylic oxidation sites excluding steroid dienone is 4. The molecule has 0 N–H and O–H groups in total. The molecule has 0 aromatic carbocycles. The van der Waals surface area contributed by atoms with Gasteiger partial charge in [-0.25, -0.2) is 0 Å². The molecule has 4 nitrogen and oxygen atoms in total. The minimum atomic E-state index is -0.688. The third kappa shape index (κ3) is 7.69. The molecule has 0 unspecified atom stereocenters. The molecule has 0 amide bonds. The summed E-state index contributed by atoms with van der Waals surface area (Å²) in [6, 6.07) is 8.24. The number of nitriles is 4. The molecule has 0 bridgehead atoms. The van der Waals surface area contributed by atoms with Gasteiger partial charge in [0.15, 0.2) is 0 Å². The van der Waals surface area contributed by atoms with Crippen LogP contribution in [0.1, 0.15) is 61.8 Å². The van der Waals surface area contributed by atoms with Gasteiger partial charge in [0.2, 0.25) is 0 Å². The average Bonchev–Trinajstić information content (AvgIpc) is 2.52. The van der Waals surface area contributed by atoms with Crippen LogP contribution in [0.3, 0.4) is 0 Å². The van der Waals surface area contributed by atoms with E-state index in [9.17, 15) is 0 Å². The summed E-state index contributed by atoms with van der Waals surface area (Å²) < 4.78 is 0. The summed E-state index contributed by atoms with van der Waals surface area (Å²) in [6.07, 6.45) is 8.95. The highest BCUT2D eigenvalue weighted by Gasteiger charge is 2.31. The first-order chi connectivity index (χ1) is 12.2. The monoisotopic (exact) mass is 364 g/mol. The molecule has 0 rings (SSSR count). The van der Waals surface area contributed by atoms with Gasteiger partial charge in [0, 0.05) is 10.8 Å². The molecule has 0 aliphatic heterocycles. The number of nitrogens with zero attached hydrogens (tertiary/aromatic N) is 4. The minimum absolute atomic E-state index is 0.144. The van der Waals surface area contributed by atoms with Crippen molar-refractivity contribution >= 4 is 0 Å². The van der Waals surface area contributed by atoms with E-state index in [-0.39, 0.29) is 10.8 Å². The molecule has 0 aliphatic rings. The van der Waals surface area contributed by atoms with Crippen molar-refractivity contribution in [3.63, 3.8) is 0 Å².